The van der Waals surface area contributed by atoms with E-state index in [2.05, 4.69) is 15.5 Å². The molecule has 0 aliphatic carbocycles. The molecule has 0 aromatic carbocycles. The lowest BCUT2D eigenvalue weighted by Crippen LogP contribution is -2.71. The van der Waals surface area contributed by atoms with Crippen molar-refractivity contribution in [1.29, 1.82) is 0 Å². The lowest BCUT2D eigenvalue weighted by atomic mass is 10.0. The number of sulfone groups is 1. The van der Waals surface area contributed by atoms with Crippen LogP contribution in [-0.2, 0) is 31.3 Å². The Hall–Kier alpha value is -2.34. The number of rotatable bonds is 7. The van der Waals surface area contributed by atoms with Gasteiger partial charge in [-0.05, 0) is 16.0 Å². The van der Waals surface area contributed by atoms with Gasteiger partial charge in [0, 0.05) is 18.6 Å². The van der Waals surface area contributed by atoms with Gasteiger partial charge in [-0.1, -0.05) is 11.8 Å². The molecule has 1 unspecified atom stereocenters. The number of carbonyl (C=O) groups excluding carboxylic acids is 2. The molecule has 1 saturated heterocycles. The van der Waals surface area contributed by atoms with Crippen molar-refractivity contribution >= 4 is 51.1 Å². The highest BCUT2D eigenvalue weighted by Gasteiger charge is 2.55. The number of aryl methyl sites for hydroxylation is 1. The minimum atomic E-state index is -5.71. The molecule has 2 aliphatic rings. The summed E-state index contributed by atoms with van der Waals surface area (Å²) in [6.07, 6.45) is 0. The van der Waals surface area contributed by atoms with Crippen LogP contribution in [0.5, 0.6) is 0 Å². The lowest BCUT2D eigenvalue weighted by Gasteiger charge is -2.49. The Morgan fingerprint density at radius 2 is 2.06 bits per heavy atom. The fourth-order valence-corrected chi connectivity index (χ4v) is 5.69. The summed E-state index contributed by atoms with van der Waals surface area (Å²) in [5.41, 5.74) is -5.52. The van der Waals surface area contributed by atoms with E-state index >= 15 is 0 Å². The van der Waals surface area contributed by atoms with Crippen LogP contribution >= 0.6 is 23.5 Å². The van der Waals surface area contributed by atoms with Crippen molar-refractivity contribution in [3.63, 3.8) is 0 Å². The van der Waals surface area contributed by atoms with Crippen LogP contribution in [0, 0.1) is 0 Å². The molecule has 0 saturated carbocycles. The summed E-state index contributed by atoms with van der Waals surface area (Å²) < 4.78 is 60.8. The standard InChI is InChI=1S/C13H13F3N6O6S3/c1-21-12(18-19-20-21)30-3-5-2-29-10-7(9(24)22(10)8(5)11(25)26)17-6(23)4-31(27,28)13(14,15)16/h7,10H,2-4H2,1H3,(H,17,23)(H,25,26)/t7?,10-/m1/s1. The fourth-order valence-electron chi connectivity index (χ4n) is 2.76. The van der Waals surface area contributed by atoms with Crippen LogP contribution in [0.3, 0.4) is 0 Å². The number of fused-ring (bicyclic) bond motifs is 1. The molecule has 0 spiro atoms. The molecule has 31 heavy (non-hydrogen) atoms. The SMILES string of the molecule is Cn1nnnc1SCC1=C(C(=O)O)N2C(=O)C(NC(=O)CS(=O)(=O)C(F)(F)F)[C@H]2SC1. The first-order valence-corrected chi connectivity index (χ1v) is 11.9. The molecule has 12 nitrogen and oxygen atoms in total. The first kappa shape index (κ1) is 23.3. The van der Waals surface area contributed by atoms with E-state index in [4.69, 9.17) is 0 Å². The third-order valence-electron chi connectivity index (χ3n) is 4.20. The number of nitrogens with one attached hydrogen (secondary N) is 1. The van der Waals surface area contributed by atoms with Crippen molar-refractivity contribution in [2.75, 3.05) is 17.3 Å². The zero-order valence-corrected chi connectivity index (χ0v) is 17.8. The Balaban J connectivity index is 1.71. The Morgan fingerprint density at radius 1 is 1.39 bits per heavy atom. The van der Waals surface area contributed by atoms with E-state index in [1.807, 2.05) is 5.32 Å². The maximum atomic E-state index is 12.4. The summed E-state index contributed by atoms with van der Waals surface area (Å²) in [5, 5.41) is 21.9. The average Bonchev–Trinajstić information content (AvgIpc) is 3.07. The number of β-lactam (4-membered cyclic amide) rings is 1. The van der Waals surface area contributed by atoms with Crippen molar-refractivity contribution in [1.82, 2.24) is 30.4 Å². The van der Waals surface area contributed by atoms with Gasteiger partial charge in [0.15, 0.2) is 0 Å². The largest absolute Gasteiger partial charge is 0.497 e. The van der Waals surface area contributed by atoms with E-state index in [-0.39, 0.29) is 17.2 Å². The second-order valence-corrected chi connectivity index (χ2v) is 10.3. The fraction of sp³-hybridized carbons (Fsp3) is 0.538. The zero-order chi connectivity index (χ0) is 23.1. The number of aliphatic carboxylic acids is 1. The highest BCUT2D eigenvalue weighted by molar-refractivity contribution is 8.01. The van der Waals surface area contributed by atoms with Gasteiger partial charge in [0.2, 0.25) is 11.1 Å². The maximum absolute atomic E-state index is 12.4. The normalized spacial score (nSPS) is 21.5. The summed E-state index contributed by atoms with van der Waals surface area (Å²) in [6.45, 7) is 0. The Morgan fingerprint density at radius 3 is 2.61 bits per heavy atom. The number of carboxylic acids is 1. The Bertz CT molecular complexity index is 1070. The highest BCUT2D eigenvalue weighted by atomic mass is 32.2. The molecular formula is C13H13F3N6O6S3. The minimum absolute atomic E-state index is 0.153. The summed E-state index contributed by atoms with van der Waals surface area (Å²) >= 11 is 2.23. The first-order chi connectivity index (χ1) is 14.3. The molecule has 2 atom stereocenters. The number of carboxylic acid groups (broad SMARTS) is 1. The zero-order valence-electron chi connectivity index (χ0n) is 15.4. The number of amides is 2. The van der Waals surface area contributed by atoms with Crippen molar-refractivity contribution in [2.45, 2.75) is 22.1 Å². The number of aromatic nitrogens is 4. The van der Waals surface area contributed by atoms with Gasteiger partial charge in [-0.2, -0.15) is 13.2 Å². The van der Waals surface area contributed by atoms with Gasteiger partial charge in [-0.3, -0.25) is 14.5 Å². The molecule has 3 heterocycles. The van der Waals surface area contributed by atoms with Gasteiger partial charge in [0.1, 0.15) is 22.9 Å². The van der Waals surface area contributed by atoms with Gasteiger partial charge in [-0.15, -0.1) is 16.9 Å². The van der Waals surface area contributed by atoms with Crippen molar-refractivity contribution in [3.8, 4) is 0 Å². The number of thioether (sulfide) groups is 2. The quantitative estimate of drug-likeness (QED) is 0.346. The van der Waals surface area contributed by atoms with Crippen molar-refractivity contribution in [3.05, 3.63) is 11.3 Å². The number of nitrogens with zero attached hydrogens (tertiary/aromatic N) is 5. The third-order valence-corrected chi connectivity index (χ3v) is 7.98. The molecule has 2 aliphatic heterocycles. The van der Waals surface area contributed by atoms with E-state index in [0.29, 0.717) is 10.7 Å². The molecule has 18 heteroatoms. The molecule has 170 valence electrons. The molecule has 3 rings (SSSR count). The minimum Gasteiger partial charge on any atom is -0.477 e. The number of alkyl halides is 3. The van der Waals surface area contributed by atoms with E-state index in [1.165, 1.54) is 4.68 Å². The lowest BCUT2D eigenvalue weighted by molar-refractivity contribution is -0.150. The number of carbonyl (C=O) groups is 3. The second-order valence-electron chi connectivity index (χ2n) is 6.29. The van der Waals surface area contributed by atoms with E-state index in [9.17, 15) is 41.1 Å². The molecule has 0 radical (unpaired) electrons. The van der Waals surface area contributed by atoms with Crippen LogP contribution in [0.1, 0.15) is 0 Å². The van der Waals surface area contributed by atoms with Crippen LogP contribution in [0.2, 0.25) is 0 Å². The maximum Gasteiger partial charge on any atom is 0.497 e. The van der Waals surface area contributed by atoms with Crippen LogP contribution < -0.4 is 5.32 Å². The smallest absolute Gasteiger partial charge is 0.477 e. The number of tetrazole rings is 1. The van der Waals surface area contributed by atoms with Crippen molar-refractivity contribution < 1.29 is 41.1 Å². The molecule has 0 bridgehead atoms. The topological polar surface area (TPSA) is 164 Å². The summed E-state index contributed by atoms with van der Waals surface area (Å²) in [5.74, 6) is -5.33. The Labute approximate surface area is 180 Å². The van der Waals surface area contributed by atoms with E-state index in [0.717, 1.165) is 28.4 Å². The molecule has 2 N–H and O–H groups in total. The number of hydrogen-bond acceptors (Lipinski definition) is 10. The second kappa shape index (κ2) is 8.30. The van der Waals surface area contributed by atoms with Crippen LogP contribution in [0.4, 0.5) is 13.2 Å². The molecule has 1 aromatic heterocycles. The highest BCUT2D eigenvalue weighted by Crippen LogP contribution is 2.41. The number of hydrogen-bond donors (Lipinski definition) is 2. The van der Waals surface area contributed by atoms with E-state index in [1.54, 1.807) is 7.05 Å². The van der Waals surface area contributed by atoms with E-state index < -0.39 is 50.3 Å². The van der Waals surface area contributed by atoms with Crippen LogP contribution in [0.25, 0.3) is 0 Å². The van der Waals surface area contributed by atoms with Crippen LogP contribution in [0.15, 0.2) is 16.4 Å². The predicted molar refractivity (Wildman–Crippen MR) is 99.0 cm³/mol. The predicted octanol–water partition coefficient (Wildman–Crippen LogP) is -1.02. The van der Waals surface area contributed by atoms with Crippen LogP contribution in [-0.4, -0.2) is 90.6 Å². The number of halogens is 3. The first-order valence-electron chi connectivity index (χ1n) is 8.17. The summed E-state index contributed by atoms with van der Waals surface area (Å²) in [6, 6.07) is -1.34. The molecular weight excluding hydrogens is 489 g/mol. The molecule has 1 aromatic rings. The van der Waals surface area contributed by atoms with Gasteiger partial charge in [-0.25, -0.2) is 17.9 Å². The monoisotopic (exact) mass is 502 g/mol. The van der Waals surface area contributed by atoms with Gasteiger partial charge >= 0.3 is 11.5 Å². The summed E-state index contributed by atoms with van der Waals surface area (Å²) in [4.78, 5) is 36.8. The average molecular weight is 502 g/mol. The van der Waals surface area contributed by atoms with Gasteiger partial charge in [0.05, 0.1) is 0 Å². The summed E-state index contributed by atoms with van der Waals surface area (Å²) in [7, 11) is -4.12. The third kappa shape index (κ3) is 4.49. The Kier molecular flexibility index (Phi) is 6.25. The van der Waals surface area contributed by atoms with Gasteiger partial charge < -0.3 is 10.4 Å². The van der Waals surface area contributed by atoms with Crippen molar-refractivity contribution in [2.24, 2.45) is 7.05 Å². The molecule has 1 fully saturated rings. The van der Waals surface area contributed by atoms with Gasteiger partial charge in [0.25, 0.3) is 15.7 Å². The molecule has 2 amide bonds.